The molecule has 0 unspecified atom stereocenters. The molecule has 2 aromatic rings. The second kappa shape index (κ2) is 10.5. The van der Waals surface area contributed by atoms with E-state index in [0.717, 1.165) is 61.9 Å². The molecule has 1 saturated carbocycles. The molecule has 0 aromatic heterocycles. The summed E-state index contributed by atoms with van der Waals surface area (Å²) in [6.07, 6.45) is -1.05. The fraction of sp³-hybridized carbons (Fsp3) is 0.458. The minimum atomic E-state index is -4.52. The maximum Gasteiger partial charge on any atom is 0.416 e. The van der Waals surface area contributed by atoms with Crippen LogP contribution in [0.3, 0.4) is 0 Å². The number of carbonyl (C=O) groups excluding carboxylic acids is 1. The first kappa shape index (κ1) is 24.2. The number of anilines is 1. The number of carbonyl (C=O) groups is 1. The molecule has 2 aromatic carbocycles. The summed E-state index contributed by atoms with van der Waals surface area (Å²) in [5.74, 6) is 0.712. The topological polar surface area (TPSA) is 50.4 Å². The van der Waals surface area contributed by atoms with Crippen molar-refractivity contribution in [1.29, 1.82) is 0 Å². The monoisotopic (exact) mass is 468 g/mol. The molecule has 3 rings (SSSR count). The molecule has 1 aliphatic rings. The van der Waals surface area contributed by atoms with Gasteiger partial charge >= 0.3 is 6.18 Å². The van der Waals surface area contributed by atoms with E-state index in [2.05, 4.69) is 10.6 Å². The predicted octanol–water partition coefficient (Wildman–Crippen LogP) is 6.55. The number of nitrogens with one attached hydrogen (secondary N) is 2. The molecular weight excluding hydrogens is 441 g/mol. The molecule has 1 fully saturated rings. The van der Waals surface area contributed by atoms with Crippen molar-refractivity contribution in [3.8, 4) is 5.75 Å². The lowest BCUT2D eigenvalue weighted by atomic mass is 9.86. The summed E-state index contributed by atoms with van der Waals surface area (Å²) < 4.78 is 44.6. The molecule has 32 heavy (non-hydrogen) atoms. The summed E-state index contributed by atoms with van der Waals surface area (Å²) in [5, 5.41) is 6.30. The highest BCUT2D eigenvalue weighted by atomic mass is 35.5. The van der Waals surface area contributed by atoms with Gasteiger partial charge in [0.25, 0.3) is 5.91 Å². The third kappa shape index (κ3) is 6.79. The van der Waals surface area contributed by atoms with Crippen LogP contribution in [0, 0.1) is 5.92 Å². The average molecular weight is 469 g/mol. The van der Waals surface area contributed by atoms with Crippen LogP contribution < -0.4 is 15.4 Å². The third-order valence-corrected chi connectivity index (χ3v) is 5.85. The summed E-state index contributed by atoms with van der Waals surface area (Å²) in [7, 11) is 0. The molecule has 2 N–H and O–H groups in total. The zero-order chi connectivity index (χ0) is 23.3. The molecule has 0 radical (unpaired) electrons. The van der Waals surface area contributed by atoms with E-state index in [0.29, 0.717) is 5.92 Å². The Morgan fingerprint density at radius 3 is 2.50 bits per heavy atom. The van der Waals surface area contributed by atoms with Crippen molar-refractivity contribution >= 4 is 23.2 Å². The van der Waals surface area contributed by atoms with E-state index in [9.17, 15) is 18.0 Å². The van der Waals surface area contributed by atoms with Crippen LogP contribution in [-0.4, -0.2) is 24.6 Å². The molecule has 0 bridgehead atoms. The van der Waals surface area contributed by atoms with Gasteiger partial charge in [-0.1, -0.05) is 17.7 Å². The Hall–Kier alpha value is -2.41. The van der Waals surface area contributed by atoms with Crippen LogP contribution in [0.2, 0.25) is 5.02 Å². The molecule has 174 valence electrons. The molecule has 0 atom stereocenters. The summed E-state index contributed by atoms with van der Waals surface area (Å²) in [6.45, 7) is 4.78. The fourth-order valence-electron chi connectivity index (χ4n) is 3.86. The predicted molar refractivity (Wildman–Crippen MR) is 120 cm³/mol. The molecule has 0 saturated heterocycles. The molecule has 1 aliphatic carbocycles. The van der Waals surface area contributed by atoms with E-state index in [1.807, 2.05) is 38.1 Å². The average Bonchev–Trinajstić information content (AvgIpc) is 2.72. The van der Waals surface area contributed by atoms with Gasteiger partial charge in [-0.2, -0.15) is 13.2 Å². The number of rotatable bonds is 7. The minimum absolute atomic E-state index is 0.0112. The van der Waals surface area contributed by atoms with E-state index in [4.69, 9.17) is 16.3 Å². The Labute approximate surface area is 191 Å². The largest absolute Gasteiger partial charge is 0.491 e. The summed E-state index contributed by atoms with van der Waals surface area (Å²) in [4.78, 5) is 12.5. The van der Waals surface area contributed by atoms with Crippen molar-refractivity contribution in [2.24, 2.45) is 5.92 Å². The van der Waals surface area contributed by atoms with Crippen LogP contribution in [0.1, 0.15) is 55.5 Å². The molecule has 0 heterocycles. The molecule has 8 heteroatoms. The highest BCUT2D eigenvalue weighted by Crippen LogP contribution is 2.32. The Morgan fingerprint density at radius 1 is 1.12 bits per heavy atom. The Morgan fingerprint density at radius 2 is 1.84 bits per heavy atom. The second-order valence-corrected chi connectivity index (χ2v) is 8.87. The highest BCUT2D eigenvalue weighted by Gasteiger charge is 2.32. The van der Waals surface area contributed by atoms with Gasteiger partial charge in [0.2, 0.25) is 0 Å². The first-order valence-corrected chi connectivity index (χ1v) is 11.2. The summed E-state index contributed by atoms with van der Waals surface area (Å²) in [5.41, 5.74) is -0.0313. The lowest BCUT2D eigenvalue weighted by Gasteiger charge is -2.29. The highest BCUT2D eigenvalue weighted by molar-refractivity contribution is 6.33. The molecular formula is C24H28ClF3N2O2. The molecule has 0 spiro atoms. The van der Waals surface area contributed by atoms with E-state index in [1.165, 1.54) is 0 Å². The van der Waals surface area contributed by atoms with Crippen LogP contribution >= 0.6 is 11.6 Å². The standard InChI is InChI=1S/C24H28ClF3N2O2/c1-15(2)32-20-5-3-4-19(13-20)29-14-16-6-9-18(10-7-16)30-23(31)21-12-17(24(26,27)28)8-11-22(21)25/h3-5,8,11-13,15-16,18,29H,6-7,9-10,14H2,1-2H3,(H,30,31). The summed E-state index contributed by atoms with van der Waals surface area (Å²) in [6, 6.07) is 10.6. The van der Waals surface area contributed by atoms with Crippen molar-refractivity contribution in [2.75, 3.05) is 11.9 Å². The van der Waals surface area contributed by atoms with E-state index in [1.54, 1.807) is 0 Å². The van der Waals surface area contributed by atoms with Gasteiger partial charge in [0.1, 0.15) is 5.75 Å². The maximum atomic E-state index is 12.9. The Bertz CT molecular complexity index is 926. The van der Waals surface area contributed by atoms with Crippen LogP contribution in [0.5, 0.6) is 5.75 Å². The number of benzene rings is 2. The van der Waals surface area contributed by atoms with Crippen LogP contribution in [0.4, 0.5) is 18.9 Å². The molecule has 4 nitrogen and oxygen atoms in total. The number of hydrogen-bond donors (Lipinski definition) is 2. The van der Waals surface area contributed by atoms with Gasteiger partial charge < -0.3 is 15.4 Å². The fourth-order valence-corrected chi connectivity index (χ4v) is 4.07. The number of alkyl halides is 3. The number of hydrogen-bond acceptors (Lipinski definition) is 3. The zero-order valence-electron chi connectivity index (χ0n) is 18.1. The Kier molecular flexibility index (Phi) is 7.93. The smallest absolute Gasteiger partial charge is 0.416 e. The zero-order valence-corrected chi connectivity index (χ0v) is 18.9. The first-order chi connectivity index (χ1) is 15.1. The number of amides is 1. The van der Waals surface area contributed by atoms with Crippen LogP contribution in [0.25, 0.3) is 0 Å². The third-order valence-electron chi connectivity index (χ3n) is 5.52. The van der Waals surface area contributed by atoms with Gasteiger partial charge in [0.15, 0.2) is 0 Å². The number of ether oxygens (including phenoxy) is 1. The van der Waals surface area contributed by atoms with E-state index < -0.39 is 17.6 Å². The van der Waals surface area contributed by atoms with Gasteiger partial charge in [-0.25, -0.2) is 0 Å². The second-order valence-electron chi connectivity index (χ2n) is 8.46. The maximum absolute atomic E-state index is 12.9. The van der Waals surface area contributed by atoms with Gasteiger partial charge in [0, 0.05) is 24.3 Å². The van der Waals surface area contributed by atoms with Gasteiger partial charge in [-0.3, -0.25) is 4.79 Å². The van der Waals surface area contributed by atoms with Crippen molar-refractivity contribution in [3.63, 3.8) is 0 Å². The van der Waals surface area contributed by atoms with Gasteiger partial charge in [0.05, 0.1) is 22.3 Å². The summed E-state index contributed by atoms with van der Waals surface area (Å²) >= 11 is 5.97. The van der Waals surface area contributed by atoms with Crippen molar-refractivity contribution in [3.05, 3.63) is 58.6 Å². The minimum Gasteiger partial charge on any atom is -0.491 e. The van der Waals surface area contributed by atoms with Gasteiger partial charge in [-0.15, -0.1) is 0 Å². The van der Waals surface area contributed by atoms with Gasteiger partial charge in [-0.05, 0) is 75.8 Å². The normalized spacial score (nSPS) is 19.0. The van der Waals surface area contributed by atoms with E-state index >= 15 is 0 Å². The Balaban J connectivity index is 1.49. The van der Waals surface area contributed by atoms with Crippen molar-refractivity contribution in [2.45, 2.75) is 57.9 Å². The van der Waals surface area contributed by atoms with Crippen molar-refractivity contribution in [1.82, 2.24) is 5.32 Å². The lowest BCUT2D eigenvalue weighted by molar-refractivity contribution is -0.137. The number of halogens is 4. The van der Waals surface area contributed by atoms with E-state index in [-0.39, 0.29) is 22.7 Å². The van der Waals surface area contributed by atoms with Crippen LogP contribution in [-0.2, 0) is 6.18 Å². The van der Waals surface area contributed by atoms with Crippen LogP contribution in [0.15, 0.2) is 42.5 Å². The van der Waals surface area contributed by atoms with Crippen molar-refractivity contribution < 1.29 is 22.7 Å². The molecule has 0 aliphatic heterocycles. The quantitative estimate of drug-likeness (QED) is 0.484. The SMILES string of the molecule is CC(C)Oc1cccc(NCC2CCC(NC(=O)c3cc(C(F)(F)F)ccc3Cl)CC2)c1. The molecule has 1 amide bonds. The first-order valence-electron chi connectivity index (χ1n) is 10.8. The lowest BCUT2D eigenvalue weighted by Crippen LogP contribution is -2.38.